The molecule has 1 saturated heterocycles. The molecule has 0 bridgehead atoms. The fourth-order valence-corrected chi connectivity index (χ4v) is 1.45. The van der Waals surface area contributed by atoms with Crippen molar-refractivity contribution in [3.05, 3.63) is 46.2 Å². The predicted octanol–water partition coefficient (Wildman–Crippen LogP) is 1.67. The quantitative estimate of drug-likeness (QED) is 0.560. The zero-order valence-electron chi connectivity index (χ0n) is 8.01. The number of hydrogen-bond donors (Lipinski definition) is 0. The van der Waals surface area contributed by atoms with E-state index < -0.39 is 4.92 Å². The molecule has 1 radical (unpaired) electrons. The van der Waals surface area contributed by atoms with Crippen LogP contribution in [-0.4, -0.2) is 18.1 Å². The molecule has 1 aromatic carbocycles. The van der Waals surface area contributed by atoms with Crippen molar-refractivity contribution in [2.24, 2.45) is 0 Å². The summed E-state index contributed by atoms with van der Waals surface area (Å²) in [6, 6.07) is 6.58. The normalized spacial score (nSPS) is 16.8. The lowest BCUT2D eigenvalue weighted by Crippen LogP contribution is -2.04. The van der Waals surface area contributed by atoms with Gasteiger partial charge < -0.3 is 9.47 Å². The minimum absolute atomic E-state index is 0.101. The zero-order chi connectivity index (χ0) is 10.7. The van der Waals surface area contributed by atoms with Gasteiger partial charge in [-0.05, 0) is 0 Å². The van der Waals surface area contributed by atoms with Crippen LogP contribution in [0.1, 0.15) is 5.56 Å². The van der Waals surface area contributed by atoms with E-state index in [-0.39, 0.29) is 5.69 Å². The molecule has 1 aliphatic heterocycles. The Labute approximate surface area is 86.8 Å². The number of para-hydroxylation sites is 1. The summed E-state index contributed by atoms with van der Waals surface area (Å²) in [4.78, 5) is 10.3. The van der Waals surface area contributed by atoms with Crippen molar-refractivity contribution in [1.82, 2.24) is 0 Å². The van der Waals surface area contributed by atoms with Gasteiger partial charge in [0.15, 0.2) is 0 Å². The first kappa shape index (κ1) is 10.1. The Morgan fingerprint density at radius 3 is 2.60 bits per heavy atom. The largest absolute Gasteiger partial charge is 0.343 e. The van der Waals surface area contributed by atoms with Crippen LogP contribution >= 0.6 is 0 Å². The minimum atomic E-state index is -0.398. The molecule has 1 aromatic rings. The van der Waals surface area contributed by atoms with Gasteiger partial charge in [-0.3, -0.25) is 10.1 Å². The average Bonchev–Trinajstić information content (AvgIpc) is 2.71. The molecule has 0 atom stereocenters. The predicted molar refractivity (Wildman–Crippen MR) is 51.9 cm³/mol. The van der Waals surface area contributed by atoms with Crippen LogP contribution in [0, 0.1) is 16.4 Å². The second-order valence-corrected chi connectivity index (χ2v) is 3.13. The maximum absolute atomic E-state index is 10.7. The van der Waals surface area contributed by atoms with Crippen LogP contribution in [0.3, 0.4) is 0 Å². The van der Waals surface area contributed by atoms with E-state index in [4.69, 9.17) is 9.47 Å². The molecule has 1 aliphatic rings. The number of hydrogen-bond acceptors (Lipinski definition) is 4. The van der Waals surface area contributed by atoms with Crippen LogP contribution in [0.4, 0.5) is 5.69 Å². The van der Waals surface area contributed by atoms with Crippen LogP contribution < -0.4 is 0 Å². The number of ether oxygens (including phenoxy) is 2. The lowest BCUT2D eigenvalue weighted by atomic mass is 10.1. The van der Waals surface area contributed by atoms with E-state index in [1.54, 1.807) is 18.2 Å². The minimum Gasteiger partial charge on any atom is -0.343 e. The molecular weight excluding hydrogens is 198 g/mol. The number of nitrogens with zero attached hydrogens (tertiary/aromatic N) is 1. The first-order valence-corrected chi connectivity index (χ1v) is 4.61. The van der Waals surface area contributed by atoms with E-state index in [2.05, 4.69) is 0 Å². The second-order valence-electron chi connectivity index (χ2n) is 3.13. The summed E-state index contributed by atoms with van der Waals surface area (Å²) >= 11 is 0. The highest BCUT2D eigenvalue weighted by Gasteiger charge is 2.22. The third-order valence-corrected chi connectivity index (χ3v) is 2.13. The Morgan fingerprint density at radius 1 is 1.27 bits per heavy atom. The lowest BCUT2D eigenvalue weighted by Gasteiger charge is -2.06. The molecule has 15 heavy (non-hydrogen) atoms. The maximum atomic E-state index is 10.7. The third-order valence-electron chi connectivity index (χ3n) is 2.13. The molecule has 79 valence electrons. The zero-order valence-corrected chi connectivity index (χ0v) is 8.01. The van der Waals surface area contributed by atoms with Crippen molar-refractivity contribution in [1.29, 1.82) is 0 Å². The standard InChI is InChI=1S/C10H10NO4/c12-11(13)9-4-2-1-3-8(9)7-10-14-5-6-15-10/h1-4H,5-7H2. The van der Waals surface area contributed by atoms with E-state index in [1.807, 2.05) is 0 Å². The molecule has 5 heteroatoms. The Hall–Kier alpha value is -1.46. The van der Waals surface area contributed by atoms with Gasteiger partial charge in [-0.2, -0.15) is 0 Å². The van der Waals surface area contributed by atoms with Gasteiger partial charge in [0, 0.05) is 18.1 Å². The fraction of sp³-hybridized carbons (Fsp3) is 0.300. The van der Waals surface area contributed by atoms with Crippen molar-refractivity contribution in [3.63, 3.8) is 0 Å². The Balaban J connectivity index is 2.15. The molecule has 0 unspecified atom stereocenters. The summed E-state index contributed by atoms with van der Waals surface area (Å²) < 4.78 is 10.3. The Kier molecular flexibility index (Phi) is 2.94. The monoisotopic (exact) mass is 208 g/mol. The highest BCUT2D eigenvalue weighted by molar-refractivity contribution is 5.40. The van der Waals surface area contributed by atoms with Crippen molar-refractivity contribution in [3.8, 4) is 0 Å². The summed E-state index contributed by atoms with van der Waals surface area (Å²) in [5.41, 5.74) is 0.712. The maximum Gasteiger partial charge on any atom is 0.272 e. The van der Waals surface area contributed by atoms with Gasteiger partial charge in [0.2, 0.25) is 6.29 Å². The molecule has 0 N–H and O–H groups in total. The third kappa shape index (κ3) is 2.31. The first-order valence-electron chi connectivity index (χ1n) is 4.61. The topological polar surface area (TPSA) is 61.6 Å². The molecule has 2 rings (SSSR count). The fourth-order valence-electron chi connectivity index (χ4n) is 1.45. The van der Waals surface area contributed by atoms with Crippen LogP contribution in [0.2, 0.25) is 0 Å². The van der Waals surface area contributed by atoms with E-state index in [9.17, 15) is 10.1 Å². The van der Waals surface area contributed by atoms with Crippen LogP contribution in [-0.2, 0) is 15.9 Å². The number of nitro groups is 1. The molecule has 1 fully saturated rings. The van der Waals surface area contributed by atoms with Gasteiger partial charge in [-0.1, -0.05) is 18.2 Å². The first-order chi connectivity index (χ1) is 7.27. The summed E-state index contributed by atoms with van der Waals surface area (Å²) in [5.74, 6) is 0. The molecule has 5 nitrogen and oxygen atoms in total. The number of benzene rings is 1. The van der Waals surface area contributed by atoms with E-state index in [1.165, 1.54) is 6.07 Å². The molecular formula is C10H10NO4. The second kappa shape index (κ2) is 4.37. The smallest absolute Gasteiger partial charge is 0.272 e. The van der Waals surface area contributed by atoms with Crippen LogP contribution in [0.25, 0.3) is 0 Å². The molecule has 1 heterocycles. The molecule has 0 saturated carbocycles. The number of nitro benzene ring substituents is 1. The van der Waals surface area contributed by atoms with Crippen molar-refractivity contribution >= 4 is 5.69 Å². The molecule has 0 amide bonds. The number of rotatable bonds is 3. The SMILES string of the molecule is O=[N+]([O-])c1ccccc1C[C]1OCCO1. The van der Waals surface area contributed by atoms with E-state index >= 15 is 0 Å². The van der Waals surface area contributed by atoms with E-state index in [0.29, 0.717) is 31.5 Å². The summed E-state index contributed by atoms with van der Waals surface area (Å²) in [6.07, 6.45) is 0.807. The Morgan fingerprint density at radius 2 is 1.93 bits per heavy atom. The van der Waals surface area contributed by atoms with Crippen molar-refractivity contribution in [2.45, 2.75) is 6.42 Å². The Bertz CT molecular complexity index is 360. The van der Waals surface area contributed by atoms with Gasteiger partial charge in [-0.15, -0.1) is 0 Å². The van der Waals surface area contributed by atoms with Gasteiger partial charge in [-0.25, -0.2) is 0 Å². The highest BCUT2D eigenvalue weighted by atomic mass is 16.7. The summed E-state index contributed by atoms with van der Waals surface area (Å²) in [7, 11) is 0. The van der Waals surface area contributed by atoms with E-state index in [0.717, 1.165) is 0 Å². The highest BCUT2D eigenvalue weighted by Crippen LogP contribution is 2.24. The van der Waals surface area contributed by atoms with Gasteiger partial charge >= 0.3 is 0 Å². The van der Waals surface area contributed by atoms with Crippen molar-refractivity contribution in [2.75, 3.05) is 13.2 Å². The van der Waals surface area contributed by atoms with Gasteiger partial charge in [0.05, 0.1) is 18.1 Å². The summed E-state index contributed by atoms with van der Waals surface area (Å²) in [5, 5.41) is 10.7. The lowest BCUT2D eigenvalue weighted by molar-refractivity contribution is -0.385. The van der Waals surface area contributed by atoms with Crippen LogP contribution in [0.15, 0.2) is 24.3 Å². The van der Waals surface area contributed by atoms with Gasteiger partial charge in [0.1, 0.15) is 0 Å². The summed E-state index contributed by atoms with van der Waals surface area (Å²) in [6.45, 7) is 1.05. The van der Waals surface area contributed by atoms with Crippen LogP contribution in [0.5, 0.6) is 0 Å². The van der Waals surface area contributed by atoms with Gasteiger partial charge in [0.25, 0.3) is 5.69 Å². The molecule has 0 aromatic heterocycles. The average molecular weight is 208 g/mol. The molecule has 0 aliphatic carbocycles. The molecule has 0 spiro atoms. The van der Waals surface area contributed by atoms with Crippen molar-refractivity contribution < 1.29 is 14.4 Å².